The van der Waals surface area contributed by atoms with Gasteiger partial charge in [0.15, 0.2) is 0 Å². The first kappa shape index (κ1) is 15.3. The number of nitrogens with one attached hydrogen (secondary N) is 2. The highest BCUT2D eigenvalue weighted by molar-refractivity contribution is 7.93. The second-order valence-corrected chi connectivity index (χ2v) is 7.22. The van der Waals surface area contributed by atoms with Gasteiger partial charge in [-0.3, -0.25) is 4.72 Å². The van der Waals surface area contributed by atoms with Crippen molar-refractivity contribution in [1.82, 2.24) is 5.32 Å². The molecule has 0 bridgehead atoms. The number of benzene rings is 1. The van der Waals surface area contributed by atoms with E-state index in [2.05, 4.69) is 23.9 Å². The van der Waals surface area contributed by atoms with Crippen LogP contribution in [-0.2, 0) is 22.9 Å². The summed E-state index contributed by atoms with van der Waals surface area (Å²) in [6, 6.07) is 6.00. The molecule has 0 radical (unpaired) electrons. The van der Waals surface area contributed by atoms with Crippen LogP contribution in [0.4, 0.5) is 5.69 Å². The zero-order valence-electron chi connectivity index (χ0n) is 12.3. The van der Waals surface area contributed by atoms with Gasteiger partial charge in [0.25, 0.3) is 0 Å². The minimum absolute atomic E-state index is 0.279. The first-order chi connectivity index (χ1) is 9.58. The van der Waals surface area contributed by atoms with Crippen molar-refractivity contribution < 1.29 is 8.42 Å². The molecule has 0 spiro atoms. The van der Waals surface area contributed by atoms with Crippen LogP contribution in [0.25, 0.3) is 0 Å². The number of aryl methyl sites for hydroxylation is 2. The molecule has 1 heterocycles. The topological polar surface area (TPSA) is 58.2 Å². The molecule has 1 saturated heterocycles. The van der Waals surface area contributed by atoms with Crippen LogP contribution in [0.15, 0.2) is 18.2 Å². The average Bonchev–Trinajstić information content (AvgIpc) is 2.48. The molecule has 4 nitrogen and oxygen atoms in total. The molecule has 2 N–H and O–H groups in total. The van der Waals surface area contributed by atoms with Crippen molar-refractivity contribution >= 4 is 15.7 Å². The Bertz CT molecular complexity index is 527. The Kier molecular flexibility index (Phi) is 5.05. The van der Waals surface area contributed by atoms with Gasteiger partial charge in [-0.15, -0.1) is 0 Å². The monoisotopic (exact) mass is 296 g/mol. The molecule has 0 aromatic heterocycles. The summed E-state index contributed by atoms with van der Waals surface area (Å²) in [4.78, 5) is 0. The van der Waals surface area contributed by atoms with Crippen LogP contribution in [0.2, 0.25) is 0 Å². The average molecular weight is 296 g/mol. The van der Waals surface area contributed by atoms with Crippen LogP contribution >= 0.6 is 0 Å². The van der Waals surface area contributed by atoms with Crippen molar-refractivity contribution in [2.75, 3.05) is 17.8 Å². The van der Waals surface area contributed by atoms with Gasteiger partial charge in [0.05, 0.1) is 10.9 Å². The van der Waals surface area contributed by atoms with Crippen LogP contribution in [0.3, 0.4) is 0 Å². The second kappa shape index (κ2) is 6.59. The van der Waals surface area contributed by atoms with E-state index in [1.165, 1.54) is 0 Å². The molecule has 1 aliphatic heterocycles. The number of para-hydroxylation sites is 1. The van der Waals surface area contributed by atoms with E-state index >= 15 is 0 Å². The van der Waals surface area contributed by atoms with Gasteiger partial charge in [0.2, 0.25) is 10.0 Å². The summed E-state index contributed by atoms with van der Waals surface area (Å²) in [6.45, 7) is 5.66. The van der Waals surface area contributed by atoms with Crippen LogP contribution in [-0.4, -0.2) is 26.8 Å². The van der Waals surface area contributed by atoms with Gasteiger partial charge in [-0.05, 0) is 49.9 Å². The minimum Gasteiger partial charge on any atom is -0.317 e. The van der Waals surface area contributed by atoms with Crippen molar-refractivity contribution in [2.24, 2.45) is 0 Å². The Hall–Kier alpha value is -1.07. The summed E-state index contributed by atoms with van der Waals surface area (Å²) in [5.41, 5.74) is 2.94. The Balaban J connectivity index is 2.28. The normalized spacial score (nSPS) is 17.1. The fraction of sp³-hybridized carbons (Fsp3) is 0.600. The zero-order valence-corrected chi connectivity index (χ0v) is 13.1. The summed E-state index contributed by atoms with van der Waals surface area (Å²) >= 11 is 0. The van der Waals surface area contributed by atoms with Crippen molar-refractivity contribution in [2.45, 2.75) is 44.8 Å². The molecule has 112 valence electrons. The molecule has 0 unspecified atom stereocenters. The van der Waals surface area contributed by atoms with Crippen LogP contribution in [0.5, 0.6) is 0 Å². The standard InChI is InChI=1S/C15H24N2O2S/c1-3-12-6-5-7-13(4-2)15(12)17-20(18,19)14-8-10-16-11-9-14/h5-7,14,16-17H,3-4,8-11H2,1-2H3. The Labute approximate surface area is 122 Å². The number of piperidine rings is 1. The number of hydrogen-bond acceptors (Lipinski definition) is 3. The third kappa shape index (κ3) is 3.33. The summed E-state index contributed by atoms with van der Waals surface area (Å²) in [6.07, 6.45) is 3.03. The van der Waals surface area contributed by atoms with E-state index in [1.807, 2.05) is 18.2 Å². The molecule has 0 aliphatic carbocycles. The lowest BCUT2D eigenvalue weighted by Crippen LogP contribution is -2.38. The molecule has 0 atom stereocenters. The van der Waals surface area contributed by atoms with Gasteiger partial charge in [0, 0.05) is 0 Å². The highest BCUT2D eigenvalue weighted by Gasteiger charge is 2.28. The highest BCUT2D eigenvalue weighted by Crippen LogP contribution is 2.26. The smallest absolute Gasteiger partial charge is 0.235 e. The van der Waals surface area contributed by atoms with E-state index in [9.17, 15) is 8.42 Å². The predicted molar refractivity (Wildman–Crippen MR) is 83.6 cm³/mol. The van der Waals surface area contributed by atoms with Gasteiger partial charge in [-0.1, -0.05) is 32.0 Å². The van der Waals surface area contributed by atoms with Gasteiger partial charge in [0.1, 0.15) is 0 Å². The maximum Gasteiger partial charge on any atom is 0.235 e. The van der Waals surface area contributed by atoms with Gasteiger partial charge < -0.3 is 5.32 Å². The third-order valence-corrected chi connectivity index (χ3v) is 5.81. The molecule has 2 rings (SSSR count). The lowest BCUT2D eigenvalue weighted by Gasteiger charge is -2.24. The van der Waals surface area contributed by atoms with Crippen molar-refractivity contribution in [3.05, 3.63) is 29.3 Å². The Morgan fingerprint density at radius 2 is 1.70 bits per heavy atom. The first-order valence-electron chi connectivity index (χ1n) is 7.41. The fourth-order valence-electron chi connectivity index (χ4n) is 2.70. The van der Waals surface area contributed by atoms with Gasteiger partial charge in [-0.25, -0.2) is 8.42 Å². The summed E-state index contributed by atoms with van der Waals surface area (Å²) in [7, 11) is -3.29. The van der Waals surface area contributed by atoms with Crippen LogP contribution in [0.1, 0.15) is 37.8 Å². The maximum absolute atomic E-state index is 12.6. The van der Waals surface area contributed by atoms with E-state index in [-0.39, 0.29) is 5.25 Å². The SMILES string of the molecule is CCc1cccc(CC)c1NS(=O)(=O)C1CCNCC1. The van der Waals surface area contributed by atoms with Crippen molar-refractivity contribution in [3.63, 3.8) is 0 Å². The predicted octanol–water partition coefficient (Wildman–Crippen LogP) is 2.31. The van der Waals surface area contributed by atoms with E-state index in [1.54, 1.807) is 0 Å². The summed E-state index contributed by atoms with van der Waals surface area (Å²) < 4.78 is 28.0. The largest absolute Gasteiger partial charge is 0.317 e. The summed E-state index contributed by atoms with van der Waals surface area (Å²) in [5.74, 6) is 0. The van der Waals surface area contributed by atoms with Crippen molar-refractivity contribution in [3.8, 4) is 0 Å². The Morgan fingerprint density at radius 3 is 2.20 bits per heavy atom. The molecule has 1 aromatic rings. The molecule has 0 saturated carbocycles. The molecule has 1 aromatic carbocycles. The molecular formula is C15H24N2O2S. The number of sulfonamides is 1. The Morgan fingerprint density at radius 1 is 1.15 bits per heavy atom. The third-order valence-electron chi connectivity index (χ3n) is 3.97. The van der Waals surface area contributed by atoms with E-state index < -0.39 is 10.0 Å². The maximum atomic E-state index is 12.6. The van der Waals surface area contributed by atoms with E-state index in [0.29, 0.717) is 12.8 Å². The first-order valence-corrected chi connectivity index (χ1v) is 8.96. The van der Waals surface area contributed by atoms with Gasteiger partial charge >= 0.3 is 0 Å². The quantitative estimate of drug-likeness (QED) is 0.876. The molecule has 20 heavy (non-hydrogen) atoms. The fourth-order valence-corrected chi connectivity index (χ4v) is 4.27. The number of hydrogen-bond donors (Lipinski definition) is 2. The van der Waals surface area contributed by atoms with Crippen molar-refractivity contribution in [1.29, 1.82) is 0 Å². The lowest BCUT2D eigenvalue weighted by molar-refractivity contribution is 0.499. The summed E-state index contributed by atoms with van der Waals surface area (Å²) in [5, 5.41) is 2.92. The number of rotatable bonds is 5. The lowest BCUT2D eigenvalue weighted by atomic mass is 10.0. The number of anilines is 1. The zero-order chi connectivity index (χ0) is 14.6. The van der Waals surface area contributed by atoms with Gasteiger partial charge in [-0.2, -0.15) is 0 Å². The second-order valence-electron chi connectivity index (χ2n) is 5.25. The molecule has 0 amide bonds. The molecule has 1 aliphatic rings. The van der Waals surface area contributed by atoms with Crippen LogP contribution < -0.4 is 10.0 Å². The van der Waals surface area contributed by atoms with E-state index in [4.69, 9.17) is 0 Å². The molecule has 5 heteroatoms. The minimum atomic E-state index is -3.29. The van der Waals surface area contributed by atoms with E-state index in [0.717, 1.165) is 42.7 Å². The molecular weight excluding hydrogens is 272 g/mol. The highest BCUT2D eigenvalue weighted by atomic mass is 32.2. The van der Waals surface area contributed by atoms with Crippen LogP contribution in [0, 0.1) is 0 Å². The molecule has 1 fully saturated rings.